The first-order chi connectivity index (χ1) is 6.63. The van der Waals surface area contributed by atoms with Gasteiger partial charge in [-0.3, -0.25) is 0 Å². The van der Waals surface area contributed by atoms with E-state index in [1.165, 1.54) is 19.3 Å². The number of nitrogens with zero attached hydrogens (tertiary/aromatic N) is 1. The van der Waals surface area contributed by atoms with Crippen LogP contribution in [0.15, 0.2) is 24.6 Å². The highest BCUT2D eigenvalue weighted by molar-refractivity contribution is 5.11. The van der Waals surface area contributed by atoms with Crippen molar-refractivity contribution in [2.45, 2.75) is 32.2 Å². The van der Waals surface area contributed by atoms with Gasteiger partial charge < -0.3 is 10.2 Å². The highest BCUT2D eigenvalue weighted by Crippen LogP contribution is 2.28. The molecule has 0 aromatic carbocycles. The van der Waals surface area contributed by atoms with E-state index in [-0.39, 0.29) is 0 Å². The summed E-state index contributed by atoms with van der Waals surface area (Å²) in [6, 6.07) is 0.728. The zero-order valence-electron chi connectivity index (χ0n) is 9.59. The summed E-state index contributed by atoms with van der Waals surface area (Å²) in [6.07, 6.45) is 8.18. The normalized spacial score (nSPS) is 26.8. The number of hydrogen-bond donors (Lipinski definition) is 1. The molecule has 1 N–H and O–H groups in total. The van der Waals surface area contributed by atoms with Gasteiger partial charge in [-0.1, -0.05) is 13.5 Å². The first-order valence-electron chi connectivity index (χ1n) is 5.40. The second-order valence-electron chi connectivity index (χ2n) is 4.33. The van der Waals surface area contributed by atoms with E-state index in [0.717, 1.165) is 17.7 Å². The number of nitrogens with one attached hydrogen (secondary N) is 1. The van der Waals surface area contributed by atoms with Crippen LogP contribution >= 0.6 is 0 Å². The Labute approximate surface area is 87.7 Å². The first kappa shape index (κ1) is 11.2. The van der Waals surface area contributed by atoms with Gasteiger partial charge in [0.05, 0.1) is 0 Å². The second-order valence-corrected chi connectivity index (χ2v) is 4.33. The largest absolute Gasteiger partial charge is 0.389 e. The molecule has 0 amide bonds. The Hall–Kier alpha value is -0.920. The van der Waals surface area contributed by atoms with Gasteiger partial charge in [0.15, 0.2) is 0 Å². The molecule has 0 spiro atoms. The van der Waals surface area contributed by atoms with E-state index in [2.05, 4.69) is 37.0 Å². The molecule has 1 aliphatic rings. The summed E-state index contributed by atoms with van der Waals surface area (Å²) in [6.45, 7) is 6.20. The SMILES string of the molecule is C=C(/C=C\N(C)[C@H]1CC[C@@H](C)C1)NC. The van der Waals surface area contributed by atoms with E-state index in [1.807, 2.05) is 13.1 Å². The number of hydrogen-bond acceptors (Lipinski definition) is 2. The average molecular weight is 194 g/mol. The van der Waals surface area contributed by atoms with Gasteiger partial charge in [0.2, 0.25) is 0 Å². The van der Waals surface area contributed by atoms with Crippen molar-refractivity contribution < 1.29 is 0 Å². The van der Waals surface area contributed by atoms with Crippen LogP contribution in [0.3, 0.4) is 0 Å². The number of allylic oxidation sites excluding steroid dienone is 1. The van der Waals surface area contributed by atoms with Crippen LogP contribution in [0.4, 0.5) is 0 Å². The minimum atomic E-state index is 0.728. The molecule has 1 fully saturated rings. The zero-order valence-corrected chi connectivity index (χ0v) is 9.59. The van der Waals surface area contributed by atoms with Crippen molar-refractivity contribution in [3.63, 3.8) is 0 Å². The molecule has 0 unspecified atom stereocenters. The van der Waals surface area contributed by atoms with Gasteiger partial charge in [-0.2, -0.15) is 0 Å². The van der Waals surface area contributed by atoms with E-state index in [4.69, 9.17) is 0 Å². The molecule has 0 radical (unpaired) electrons. The van der Waals surface area contributed by atoms with Crippen LogP contribution < -0.4 is 5.32 Å². The molecule has 0 heterocycles. The Morgan fingerprint density at radius 1 is 1.50 bits per heavy atom. The van der Waals surface area contributed by atoms with E-state index in [0.29, 0.717) is 0 Å². The molecule has 2 heteroatoms. The maximum absolute atomic E-state index is 3.86. The molecule has 2 nitrogen and oxygen atoms in total. The van der Waals surface area contributed by atoms with Crippen molar-refractivity contribution in [3.05, 3.63) is 24.6 Å². The molecule has 1 saturated carbocycles. The smallest absolute Gasteiger partial charge is 0.0283 e. The molecular weight excluding hydrogens is 172 g/mol. The molecule has 0 aromatic rings. The van der Waals surface area contributed by atoms with Crippen LogP contribution in [-0.2, 0) is 0 Å². The molecule has 14 heavy (non-hydrogen) atoms. The maximum Gasteiger partial charge on any atom is 0.0283 e. The Bertz CT molecular complexity index is 220. The fraction of sp³-hybridized carbons (Fsp3) is 0.667. The molecule has 1 aliphatic carbocycles. The minimum Gasteiger partial charge on any atom is -0.389 e. The van der Waals surface area contributed by atoms with Gasteiger partial charge >= 0.3 is 0 Å². The predicted molar refractivity (Wildman–Crippen MR) is 61.9 cm³/mol. The topological polar surface area (TPSA) is 15.3 Å². The molecular formula is C12H22N2. The van der Waals surface area contributed by atoms with Gasteiger partial charge in [0.1, 0.15) is 0 Å². The van der Waals surface area contributed by atoms with Gasteiger partial charge in [0.25, 0.3) is 0 Å². The quantitative estimate of drug-likeness (QED) is 0.691. The summed E-state index contributed by atoms with van der Waals surface area (Å²) >= 11 is 0. The summed E-state index contributed by atoms with van der Waals surface area (Å²) in [5.74, 6) is 0.892. The molecule has 1 rings (SSSR count). The Balaban J connectivity index is 2.38. The molecule has 0 saturated heterocycles. The van der Waals surface area contributed by atoms with E-state index < -0.39 is 0 Å². The monoisotopic (exact) mass is 194 g/mol. The molecule has 0 bridgehead atoms. The first-order valence-corrected chi connectivity index (χ1v) is 5.40. The third kappa shape index (κ3) is 3.09. The van der Waals surface area contributed by atoms with Crippen LogP contribution in [0.5, 0.6) is 0 Å². The lowest BCUT2D eigenvalue weighted by molar-refractivity contribution is 0.327. The third-order valence-corrected chi connectivity index (χ3v) is 3.08. The predicted octanol–water partition coefficient (Wildman–Crippen LogP) is 2.35. The van der Waals surface area contributed by atoms with E-state index in [9.17, 15) is 0 Å². The van der Waals surface area contributed by atoms with Crippen LogP contribution in [0.2, 0.25) is 0 Å². The second kappa shape index (κ2) is 5.08. The van der Waals surface area contributed by atoms with Crippen LogP contribution in [0.25, 0.3) is 0 Å². The molecule has 0 aromatic heterocycles. The molecule has 2 atom stereocenters. The van der Waals surface area contributed by atoms with Crippen LogP contribution in [0, 0.1) is 5.92 Å². The minimum absolute atomic E-state index is 0.728. The lowest BCUT2D eigenvalue weighted by atomic mass is 10.1. The Morgan fingerprint density at radius 2 is 2.21 bits per heavy atom. The van der Waals surface area contributed by atoms with Gasteiger partial charge in [-0.05, 0) is 31.3 Å². The fourth-order valence-electron chi connectivity index (χ4n) is 1.96. The van der Waals surface area contributed by atoms with Crippen molar-refractivity contribution in [1.29, 1.82) is 0 Å². The standard InChI is InChI=1S/C12H22N2/c1-10-5-6-12(9-10)14(4)8-7-11(2)13-3/h7-8,10,12-13H,2,5-6,9H2,1,3-4H3/b8-7-/t10-,12+/m1/s1. The maximum atomic E-state index is 3.86. The highest BCUT2D eigenvalue weighted by atomic mass is 15.1. The van der Waals surface area contributed by atoms with E-state index in [1.54, 1.807) is 0 Å². The summed E-state index contributed by atoms with van der Waals surface area (Å²) < 4.78 is 0. The number of rotatable bonds is 4. The third-order valence-electron chi connectivity index (χ3n) is 3.08. The van der Waals surface area contributed by atoms with Gasteiger partial charge in [0, 0.05) is 32.0 Å². The summed E-state index contributed by atoms with van der Waals surface area (Å²) in [5, 5.41) is 3.01. The lowest BCUT2D eigenvalue weighted by Crippen LogP contribution is -2.24. The summed E-state index contributed by atoms with van der Waals surface area (Å²) in [5.41, 5.74) is 0.961. The van der Waals surface area contributed by atoms with Crippen molar-refractivity contribution >= 4 is 0 Å². The highest BCUT2D eigenvalue weighted by Gasteiger charge is 2.22. The van der Waals surface area contributed by atoms with Crippen LogP contribution in [-0.4, -0.2) is 25.0 Å². The average Bonchev–Trinajstić information content (AvgIpc) is 2.60. The fourth-order valence-corrected chi connectivity index (χ4v) is 1.96. The van der Waals surface area contributed by atoms with Gasteiger partial charge in [-0.25, -0.2) is 0 Å². The molecule has 80 valence electrons. The summed E-state index contributed by atoms with van der Waals surface area (Å²) in [4.78, 5) is 2.31. The van der Waals surface area contributed by atoms with Crippen molar-refractivity contribution in [2.75, 3.05) is 14.1 Å². The van der Waals surface area contributed by atoms with Gasteiger partial charge in [-0.15, -0.1) is 0 Å². The summed E-state index contributed by atoms with van der Waals surface area (Å²) in [7, 11) is 4.05. The molecule has 0 aliphatic heterocycles. The lowest BCUT2D eigenvalue weighted by Gasteiger charge is -2.22. The van der Waals surface area contributed by atoms with Crippen molar-refractivity contribution in [2.24, 2.45) is 5.92 Å². The van der Waals surface area contributed by atoms with E-state index >= 15 is 0 Å². The van der Waals surface area contributed by atoms with Crippen molar-refractivity contribution in [1.82, 2.24) is 10.2 Å². The van der Waals surface area contributed by atoms with Crippen molar-refractivity contribution in [3.8, 4) is 0 Å². The van der Waals surface area contributed by atoms with Crippen LogP contribution in [0.1, 0.15) is 26.2 Å². The Morgan fingerprint density at radius 3 is 2.71 bits per heavy atom. The zero-order chi connectivity index (χ0) is 10.6. The number of likely N-dealkylation sites (N-methyl/N-ethyl adjacent to an activating group) is 1. The Kier molecular flexibility index (Phi) is 4.05.